The molecule has 28 heavy (non-hydrogen) atoms. The molecule has 0 radical (unpaired) electrons. The number of imide groups is 1. The molecule has 7 heteroatoms. The van der Waals surface area contributed by atoms with E-state index in [1.807, 2.05) is 32.9 Å². The Balaban J connectivity index is 1.63. The van der Waals surface area contributed by atoms with Crippen LogP contribution in [0.25, 0.3) is 0 Å². The first-order valence-corrected chi connectivity index (χ1v) is 10.3. The maximum atomic E-state index is 12.7. The minimum atomic E-state index is -0.555. The molecule has 0 aromatic heterocycles. The molecule has 1 fully saturated rings. The lowest BCUT2D eigenvalue weighted by Gasteiger charge is -2.16. The van der Waals surface area contributed by atoms with Gasteiger partial charge in [0.1, 0.15) is 0 Å². The van der Waals surface area contributed by atoms with Gasteiger partial charge in [-0.15, -0.1) is 11.8 Å². The Morgan fingerprint density at radius 2 is 1.93 bits per heavy atom. The van der Waals surface area contributed by atoms with Crippen LogP contribution in [0, 0.1) is 20.8 Å². The minimum Gasteiger partial charge on any atom is -0.325 e. The third-order valence-electron chi connectivity index (χ3n) is 4.81. The van der Waals surface area contributed by atoms with E-state index < -0.39 is 5.25 Å². The fraction of sp³-hybridized carbons (Fsp3) is 0.286. The van der Waals surface area contributed by atoms with Gasteiger partial charge in [0.25, 0.3) is 0 Å². The molecule has 2 aromatic carbocycles. The Hall–Kier alpha value is -2.31. The number of halogens is 1. The highest BCUT2D eigenvalue weighted by Gasteiger charge is 2.40. The van der Waals surface area contributed by atoms with Gasteiger partial charge in [-0.05, 0) is 61.7 Å². The molecule has 1 atom stereocenters. The van der Waals surface area contributed by atoms with Crippen molar-refractivity contribution >= 4 is 52.5 Å². The Bertz CT molecular complexity index is 961. The van der Waals surface area contributed by atoms with Crippen LogP contribution in [-0.4, -0.2) is 28.7 Å². The summed E-state index contributed by atoms with van der Waals surface area (Å²) in [6.45, 7) is 5.75. The van der Waals surface area contributed by atoms with Gasteiger partial charge < -0.3 is 5.32 Å². The van der Waals surface area contributed by atoms with E-state index in [1.165, 1.54) is 16.7 Å². The number of nitrogens with one attached hydrogen (secondary N) is 1. The highest BCUT2D eigenvalue weighted by molar-refractivity contribution is 8.01. The van der Waals surface area contributed by atoms with Gasteiger partial charge >= 0.3 is 0 Å². The molecule has 1 N–H and O–H groups in total. The van der Waals surface area contributed by atoms with Crippen LogP contribution < -0.4 is 10.2 Å². The van der Waals surface area contributed by atoms with Crippen molar-refractivity contribution in [2.45, 2.75) is 32.4 Å². The van der Waals surface area contributed by atoms with Crippen LogP contribution in [0.4, 0.5) is 11.4 Å². The summed E-state index contributed by atoms with van der Waals surface area (Å²) in [5.41, 5.74) is 4.13. The molecule has 1 saturated heterocycles. The van der Waals surface area contributed by atoms with Gasteiger partial charge in [-0.2, -0.15) is 0 Å². The van der Waals surface area contributed by atoms with Gasteiger partial charge in [0.05, 0.1) is 16.7 Å². The molecule has 0 aliphatic carbocycles. The quantitative estimate of drug-likeness (QED) is 0.739. The molecule has 0 bridgehead atoms. The smallest absolute Gasteiger partial charge is 0.247 e. The summed E-state index contributed by atoms with van der Waals surface area (Å²) in [5.74, 6) is -0.668. The van der Waals surface area contributed by atoms with Crippen molar-refractivity contribution in [2.75, 3.05) is 16.0 Å². The molecule has 3 amide bonds. The summed E-state index contributed by atoms with van der Waals surface area (Å²) in [6.07, 6.45) is 0.0971. The van der Waals surface area contributed by atoms with Crippen LogP contribution in [-0.2, 0) is 14.4 Å². The van der Waals surface area contributed by atoms with Crippen molar-refractivity contribution in [2.24, 2.45) is 0 Å². The highest BCUT2D eigenvalue weighted by Crippen LogP contribution is 2.31. The molecule has 1 heterocycles. The molecular weight excluding hydrogens is 396 g/mol. The van der Waals surface area contributed by atoms with Crippen LogP contribution in [0.1, 0.15) is 23.1 Å². The van der Waals surface area contributed by atoms with Crippen molar-refractivity contribution in [3.63, 3.8) is 0 Å². The maximum Gasteiger partial charge on any atom is 0.247 e. The van der Waals surface area contributed by atoms with Crippen LogP contribution >= 0.6 is 23.4 Å². The zero-order valence-electron chi connectivity index (χ0n) is 15.9. The monoisotopic (exact) mass is 416 g/mol. The molecule has 5 nitrogen and oxygen atoms in total. The van der Waals surface area contributed by atoms with E-state index in [-0.39, 0.29) is 29.9 Å². The van der Waals surface area contributed by atoms with E-state index in [2.05, 4.69) is 5.32 Å². The summed E-state index contributed by atoms with van der Waals surface area (Å²) in [5, 5.41) is 2.82. The largest absolute Gasteiger partial charge is 0.325 e. The predicted molar refractivity (Wildman–Crippen MR) is 114 cm³/mol. The number of hydrogen-bond donors (Lipinski definition) is 1. The van der Waals surface area contributed by atoms with E-state index in [0.717, 1.165) is 16.7 Å². The zero-order valence-corrected chi connectivity index (χ0v) is 17.5. The lowest BCUT2D eigenvalue weighted by Crippen LogP contribution is -2.31. The van der Waals surface area contributed by atoms with E-state index in [0.29, 0.717) is 16.4 Å². The second-order valence-corrected chi connectivity index (χ2v) is 8.40. The van der Waals surface area contributed by atoms with Gasteiger partial charge in [-0.25, -0.2) is 4.90 Å². The second-order valence-electron chi connectivity index (χ2n) is 6.80. The molecule has 0 unspecified atom stereocenters. The summed E-state index contributed by atoms with van der Waals surface area (Å²) >= 11 is 7.25. The average Bonchev–Trinajstić information content (AvgIpc) is 2.93. The van der Waals surface area contributed by atoms with Crippen molar-refractivity contribution in [3.05, 3.63) is 58.1 Å². The summed E-state index contributed by atoms with van der Waals surface area (Å²) in [6, 6.07) is 10.8. The van der Waals surface area contributed by atoms with E-state index in [4.69, 9.17) is 11.6 Å². The summed E-state index contributed by atoms with van der Waals surface area (Å²) in [7, 11) is 0. The van der Waals surface area contributed by atoms with E-state index in [9.17, 15) is 14.4 Å². The van der Waals surface area contributed by atoms with Gasteiger partial charge in [0, 0.05) is 17.1 Å². The minimum absolute atomic E-state index is 0.0798. The number of anilines is 2. The van der Waals surface area contributed by atoms with Crippen LogP contribution in [0.2, 0.25) is 5.02 Å². The van der Waals surface area contributed by atoms with Crippen molar-refractivity contribution in [1.29, 1.82) is 0 Å². The van der Waals surface area contributed by atoms with Gasteiger partial charge in [0.2, 0.25) is 17.7 Å². The first kappa shape index (κ1) is 20.4. The molecule has 146 valence electrons. The highest BCUT2D eigenvalue weighted by atomic mass is 35.5. The van der Waals surface area contributed by atoms with Gasteiger partial charge in [-0.3, -0.25) is 14.4 Å². The number of carbonyl (C=O) groups excluding carboxylic acids is 3. The molecule has 2 aromatic rings. The maximum absolute atomic E-state index is 12.7. The Labute approximate surface area is 173 Å². The number of aryl methyl sites for hydroxylation is 2. The fourth-order valence-corrected chi connectivity index (χ4v) is 4.08. The number of hydrogen-bond acceptors (Lipinski definition) is 4. The standard InChI is InChI=1S/C21H21ClN2O3S/c1-12-7-8-15(9-13(12)2)24-20(26)10-18(21(24)27)28-11-19(25)23-17-6-4-5-16(22)14(17)3/h4-9,18H,10-11H2,1-3H3,(H,23,25)/t18-/m0/s1. The lowest BCUT2D eigenvalue weighted by molar-refractivity contribution is -0.121. The lowest BCUT2D eigenvalue weighted by atomic mass is 10.1. The van der Waals surface area contributed by atoms with Gasteiger partial charge in [-0.1, -0.05) is 23.7 Å². The second kappa shape index (κ2) is 8.37. The van der Waals surface area contributed by atoms with Crippen molar-refractivity contribution in [3.8, 4) is 0 Å². The van der Waals surface area contributed by atoms with Crippen LogP contribution in [0.3, 0.4) is 0 Å². The summed E-state index contributed by atoms with van der Waals surface area (Å²) < 4.78 is 0. The zero-order chi connectivity index (χ0) is 20.4. The number of nitrogens with zero attached hydrogens (tertiary/aromatic N) is 1. The first-order valence-electron chi connectivity index (χ1n) is 8.88. The fourth-order valence-electron chi connectivity index (χ4n) is 2.98. The van der Waals surface area contributed by atoms with Crippen LogP contribution in [0.15, 0.2) is 36.4 Å². The third kappa shape index (κ3) is 4.23. The molecule has 1 aliphatic heterocycles. The predicted octanol–water partition coefficient (Wildman–Crippen LogP) is 4.27. The van der Waals surface area contributed by atoms with E-state index >= 15 is 0 Å². The molecule has 3 rings (SSSR count). The van der Waals surface area contributed by atoms with Gasteiger partial charge in [0.15, 0.2) is 0 Å². The first-order chi connectivity index (χ1) is 13.3. The molecule has 0 spiro atoms. The SMILES string of the molecule is Cc1ccc(N2C(=O)C[C@H](SCC(=O)Nc3cccc(Cl)c3C)C2=O)cc1C. The number of amides is 3. The summed E-state index contributed by atoms with van der Waals surface area (Å²) in [4.78, 5) is 38.6. The number of rotatable bonds is 5. The van der Waals surface area contributed by atoms with Crippen LogP contribution in [0.5, 0.6) is 0 Å². The number of carbonyl (C=O) groups is 3. The molecular formula is C21H21ClN2O3S. The third-order valence-corrected chi connectivity index (χ3v) is 6.42. The Kier molecular flexibility index (Phi) is 6.10. The molecule has 0 saturated carbocycles. The number of benzene rings is 2. The Morgan fingerprint density at radius 1 is 1.18 bits per heavy atom. The molecule has 1 aliphatic rings. The van der Waals surface area contributed by atoms with Crippen molar-refractivity contribution in [1.82, 2.24) is 0 Å². The topological polar surface area (TPSA) is 66.5 Å². The van der Waals surface area contributed by atoms with Crippen molar-refractivity contribution < 1.29 is 14.4 Å². The average molecular weight is 417 g/mol. The van der Waals surface area contributed by atoms with E-state index in [1.54, 1.807) is 24.3 Å². The number of thioether (sulfide) groups is 1. The normalized spacial score (nSPS) is 16.6. The Morgan fingerprint density at radius 3 is 2.64 bits per heavy atom.